The van der Waals surface area contributed by atoms with Crippen LogP contribution in [0, 0.1) is 6.92 Å². The Labute approximate surface area is 127 Å². The molecule has 0 spiro atoms. The summed E-state index contributed by atoms with van der Waals surface area (Å²) in [6.07, 6.45) is 1.69. The molecule has 0 aliphatic rings. The number of nitrogens with zero attached hydrogens (tertiary/aromatic N) is 2. The van der Waals surface area contributed by atoms with Crippen LogP contribution in [-0.2, 0) is 6.61 Å². The van der Waals surface area contributed by atoms with Gasteiger partial charge in [0.05, 0.1) is 18.0 Å². The van der Waals surface area contributed by atoms with E-state index in [1.165, 1.54) is 5.56 Å². The van der Waals surface area contributed by atoms with Crippen molar-refractivity contribution < 1.29 is 5.11 Å². The molecule has 3 rings (SSSR count). The summed E-state index contributed by atoms with van der Waals surface area (Å²) in [4.78, 5) is 8.66. The van der Waals surface area contributed by atoms with Gasteiger partial charge in [0, 0.05) is 22.8 Å². The number of nitrogens with one attached hydrogen (secondary N) is 1. The number of hydrogen-bond donors (Lipinski definition) is 2. The first-order valence-electron chi connectivity index (χ1n) is 6.60. The molecule has 0 unspecified atom stereocenters. The lowest BCUT2D eigenvalue weighted by atomic mass is 10.2. The summed E-state index contributed by atoms with van der Waals surface area (Å²) in [7, 11) is 0. The molecule has 3 aromatic rings. The lowest BCUT2D eigenvalue weighted by Gasteiger charge is -2.03. The minimum Gasteiger partial charge on any atom is -0.390 e. The molecule has 21 heavy (non-hydrogen) atoms. The van der Waals surface area contributed by atoms with Crippen molar-refractivity contribution >= 4 is 22.2 Å². The fourth-order valence-electron chi connectivity index (χ4n) is 2.03. The molecule has 0 aliphatic carbocycles. The normalized spacial score (nSPS) is 10.6. The lowest BCUT2D eigenvalue weighted by molar-refractivity contribution is 0.277. The number of thiazole rings is 1. The number of pyridine rings is 1. The molecule has 2 N–H and O–H groups in total. The Hall–Kier alpha value is -2.24. The van der Waals surface area contributed by atoms with Gasteiger partial charge in [0.2, 0.25) is 0 Å². The van der Waals surface area contributed by atoms with Gasteiger partial charge >= 0.3 is 0 Å². The monoisotopic (exact) mass is 297 g/mol. The second-order valence-electron chi connectivity index (χ2n) is 4.73. The molecular weight excluding hydrogens is 282 g/mol. The summed E-state index contributed by atoms with van der Waals surface area (Å²) in [5.74, 6) is 0. The van der Waals surface area contributed by atoms with Crippen molar-refractivity contribution in [3.8, 4) is 11.3 Å². The third-order valence-corrected chi connectivity index (χ3v) is 3.81. The third-order valence-electron chi connectivity index (χ3n) is 3.05. The molecule has 4 nitrogen and oxygen atoms in total. The molecule has 0 atom stereocenters. The summed E-state index contributed by atoms with van der Waals surface area (Å²) in [6.45, 7) is 2.00. The second-order valence-corrected chi connectivity index (χ2v) is 5.58. The van der Waals surface area contributed by atoms with Gasteiger partial charge in [-0.1, -0.05) is 12.1 Å². The van der Waals surface area contributed by atoms with E-state index in [-0.39, 0.29) is 6.61 Å². The van der Waals surface area contributed by atoms with E-state index in [0.717, 1.165) is 22.1 Å². The van der Waals surface area contributed by atoms with Gasteiger partial charge in [-0.25, -0.2) is 4.98 Å². The number of rotatable bonds is 4. The Morgan fingerprint density at radius 1 is 1.24 bits per heavy atom. The molecule has 1 aromatic carbocycles. The number of benzene rings is 1. The van der Waals surface area contributed by atoms with E-state index < -0.39 is 0 Å². The minimum atomic E-state index is -0.0631. The molecule has 0 radical (unpaired) electrons. The van der Waals surface area contributed by atoms with Crippen LogP contribution < -0.4 is 5.32 Å². The van der Waals surface area contributed by atoms with Crippen molar-refractivity contribution in [1.82, 2.24) is 9.97 Å². The molecule has 5 heteroatoms. The maximum absolute atomic E-state index is 9.14. The van der Waals surface area contributed by atoms with Crippen molar-refractivity contribution in [2.45, 2.75) is 13.5 Å². The van der Waals surface area contributed by atoms with Gasteiger partial charge in [0.25, 0.3) is 0 Å². The van der Waals surface area contributed by atoms with Gasteiger partial charge in [-0.2, -0.15) is 0 Å². The van der Waals surface area contributed by atoms with Gasteiger partial charge in [-0.05, 0) is 36.8 Å². The molecule has 0 saturated heterocycles. The summed E-state index contributed by atoms with van der Waals surface area (Å²) in [6, 6.07) is 11.9. The average Bonchev–Trinajstić information content (AvgIpc) is 2.96. The average molecular weight is 297 g/mol. The number of aliphatic hydroxyl groups excluding tert-OH is 1. The Kier molecular flexibility index (Phi) is 3.94. The number of aryl methyl sites for hydroxylation is 1. The third kappa shape index (κ3) is 3.26. The topological polar surface area (TPSA) is 58.0 Å². The van der Waals surface area contributed by atoms with E-state index >= 15 is 0 Å². The van der Waals surface area contributed by atoms with Gasteiger partial charge in [-0.15, -0.1) is 11.3 Å². The first kappa shape index (κ1) is 13.7. The predicted molar refractivity (Wildman–Crippen MR) is 85.7 cm³/mol. The van der Waals surface area contributed by atoms with Crippen LogP contribution in [0.3, 0.4) is 0 Å². The van der Waals surface area contributed by atoms with E-state index in [2.05, 4.69) is 34.3 Å². The number of hydrogen-bond acceptors (Lipinski definition) is 5. The van der Waals surface area contributed by atoms with Crippen LogP contribution in [0.25, 0.3) is 11.3 Å². The Balaban J connectivity index is 1.82. The highest BCUT2D eigenvalue weighted by molar-refractivity contribution is 7.14. The number of aliphatic hydroxyl groups is 1. The van der Waals surface area contributed by atoms with E-state index in [1.54, 1.807) is 17.5 Å². The number of anilines is 2. The highest BCUT2D eigenvalue weighted by Gasteiger charge is 2.06. The predicted octanol–water partition coefficient (Wildman–Crippen LogP) is 3.75. The zero-order chi connectivity index (χ0) is 14.7. The second kappa shape index (κ2) is 6.03. The zero-order valence-electron chi connectivity index (χ0n) is 11.6. The maximum atomic E-state index is 9.14. The summed E-state index contributed by atoms with van der Waals surface area (Å²) >= 11 is 1.55. The summed E-state index contributed by atoms with van der Waals surface area (Å²) < 4.78 is 0. The molecule has 106 valence electrons. The SMILES string of the molecule is Cc1cccc(Nc2nc(-c3ccnc(CO)c3)cs2)c1. The molecule has 2 heterocycles. The highest BCUT2D eigenvalue weighted by atomic mass is 32.1. The van der Waals surface area contributed by atoms with Crippen molar-refractivity contribution in [3.63, 3.8) is 0 Å². The van der Waals surface area contributed by atoms with Crippen LogP contribution in [0.5, 0.6) is 0 Å². The van der Waals surface area contributed by atoms with E-state index in [9.17, 15) is 0 Å². The van der Waals surface area contributed by atoms with Crippen LogP contribution in [-0.4, -0.2) is 15.1 Å². The summed E-state index contributed by atoms with van der Waals surface area (Å²) in [5, 5.41) is 15.3. The smallest absolute Gasteiger partial charge is 0.187 e. The standard InChI is InChI=1S/C16H15N3OS/c1-11-3-2-4-13(7-11)18-16-19-15(10-21-16)12-5-6-17-14(8-12)9-20/h2-8,10,20H,9H2,1H3,(H,18,19). The minimum absolute atomic E-state index is 0.0631. The molecule has 0 fully saturated rings. The van der Waals surface area contributed by atoms with Crippen LogP contribution in [0.4, 0.5) is 10.8 Å². The Morgan fingerprint density at radius 3 is 2.95 bits per heavy atom. The first-order valence-corrected chi connectivity index (χ1v) is 7.48. The molecule has 2 aromatic heterocycles. The number of aromatic nitrogens is 2. The maximum Gasteiger partial charge on any atom is 0.187 e. The van der Waals surface area contributed by atoms with Gasteiger partial charge in [-0.3, -0.25) is 4.98 Å². The summed E-state index contributed by atoms with van der Waals surface area (Å²) in [5.41, 5.74) is 4.73. The fraction of sp³-hybridized carbons (Fsp3) is 0.125. The van der Waals surface area contributed by atoms with Gasteiger partial charge < -0.3 is 10.4 Å². The lowest BCUT2D eigenvalue weighted by Crippen LogP contribution is -1.91. The van der Waals surface area contributed by atoms with Crippen molar-refractivity contribution in [2.75, 3.05) is 5.32 Å². The molecule has 0 saturated carbocycles. The van der Waals surface area contributed by atoms with Crippen molar-refractivity contribution in [1.29, 1.82) is 0 Å². The van der Waals surface area contributed by atoms with Crippen LogP contribution in [0.1, 0.15) is 11.3 Å². The van der Waals surface area contributed by atoms with E-state index in [1.807, 2.05) is 29.6 Å². The Morgan fingerprint density at radius 2 is 2.14 bits per heavy atom. The van der Waals surface area contributed by atoms with Gasteiger partial charge in [0.1, 0.15) is 0 Å². The molecule has 0 aliphatic heterocycles. The van der Waals surface area contributed by atoms with E-state index in [0.29, 0.717) is 5.69 Å². The van der Waals surface area contributed by atoms with Crippen molar-refractivity contribution in [2.24, 2.45) is 0 Å². The molecule has 0 amide bonds. The van der Waals surface area contributed by atoms with Crippen molar-refractivity contribution in [3.05, 3.63) is 59.2 Å². The Bertz CT molecular complexity index is 755. The van der Waals surface area contributed by atoms with Crippen LogP contribution in [0.15, 0.2) is 48.0 Å². The highest BCUT2D eigenvalue weighted by Crippen LogP contribution is 2.27. The van der Waals surface area contributed by atoms with Gasteiger partial charge in [0.15, 0.2) is 5.13 Å². The van der Waals surface area contributed by atoms with Crippen LogP contribution in [0.2, 0.25) is 0 Å². The molecular formula is C16H15N3OS. The van der Waals surface area contributed by atoms with Crippen LogP contribution >= 0.6 is 11.3 Å². The first-order chi connectivity index (χ1) is 10.2. The quantitative estimate of drug-likeness (QED) is 0.770. The van der Waals surface area contributed by atoms with E-state index in [4.69, 9.17) is 5.11 Å². The fourth-order valence-corrected chi connectivity index (χ4v) is 2.77. The molecule has 0 bridgehead atoms. The largest absolute Gasteiger partial charge is 0.390 e. The zero-order valence-corrected chi connectivity index (χ0v) is 12.4.